The largest absolute Gasteiger partial charge is 0.373 e. The molecule has 0 radical (unpaired) electrons. The van der Waals surface area contributed by atoms with E-state index in [-0.39, 0.29) is 11.9 Å². The predicted octanol–water partition coefficient (Wildman–Crippen LogP) is 2.49. The zero-order valence-corrected chi connectivity index (χ0v) is 13.4. The van der Waals surface area contributed by atoms with Crippen molar-refractivity contribution in [1.82, 2.24) is 0 Å². The van der Waals surface area contributed by atoms with Crippen molar-refractivity contribution in [3.05, 3.63) is 29.3 Å². The molecule has 0 spiro atoms. The van der Waals surface area contributed by atoms with Gasteiger partial charge in [-0.3, -0.25) is 4.79 Å². The van der Waals surface area contributed by atoms with Gasteiger partial charge in [-0.05, 0) is 42.5 Å². The number of hydrogen-bond acceptors (Lipinski definition) is 4. The summed E-state index contributed by atoms with van der Waals surface area (Å²) in [6.07, 6.45) is 2.33. The van der Waals surface area contributed by atoms with Crippen LogP contribution in [-0.2, 0) is 22.5 Å². The summed E-state index contributed by atoms with van der Waals surface area (Å²) in [6.45, 7) is 1.55. The van der Waals surface area contributed by atoms with Crippen molar-refractivity contribution in [3.63, 3.8) is 0 Å². The fourth-order valence-corrected chi connectivity index (χ4v) is 3.22. The lowest BCUT2D eigenvalue weighted by Gasteiger charge is -2.27. The average molecular weight is 331 g/mol. The number of anilines is 1. The average Bonchev–Trinajstić information content (AvgIpc) is 2.53. The lowest BCUT2D eigenvalue weighted by atomic mass is 9.83. The number of carbonyl (C=O) groups excluding carboxylic acids is 1. The molecule has 0 amide bonds. The number of alkyl halides is 2. The van der Waals surface area contributed by atoms with Crippen LogP contribution >= 0.6 is 23.2 Å². The Hall–Kier alpha value is -0.970. The summed E-state index contributed by atoms with van der Waals surface area (Å²) in [5.74, 6) is 5.65. The molecule has 1 aromatic carbocycles. The Morgan fingerprint density at radius 2 is 2.00 bits per heavy atom. The summed E-state index contributed by atoms with van der Waals surface area (Å²) >= 11 is 11.7. The van der Waals surface area contributed by atoms with E-state index in [1.54, 1.807) is 0 Å². The number of benzene rings is 1. The molecule has 1 aliphatic rings. The van der Waals surface area contributed by atoms with Crippen molar-refractivity contribution in [2.24, 2.45) is 11.8 Å². The van der Waals surface area contributed by atoms with Gasteiger partial charge in [0, 0.05) is 30.5 Å². The first kappa shape index (κ1) is 16.4. The molecule has 0 heterocycles. The molecule has 2 N–H and O–H groups in total. The topological polar surface area (TPSA) is 55.6 Å². The zero-order valence-electron chi connectivity index (χ0n) is 11.9. The molecule has 0 bridgehead atoms. The van der Waals surface area contributed by atoms with Crippen molar-refractivity contribution < 1.29 is 9.63 Å². The lowest BCUT2D eigenvalue weighted by molar-refractivity contribution is -0.149. The van der Waals surface area contributed by atoms with E-state index in [0.29, 0.717) is 18.2 Å². The Balaban J connectivity index is 2.15. The molecule has 116 valence electrons. The van der Waals surface area contributed by atoms with Gasteiger partial charge in [0.15, 0.2) is 0 Å². The van der Waals surface area contributed by atoms with E-state index in [4.69, 9.17) is 29.1 Å². The highest BCUT2D eigenvalue weighted by Gasteiger charge is 2.26. The smallest absolute Gasteiger partial charge is 0.327 e. The van der Waals surface area contributed by atoms with Gasteiger partial charge in [-0.2, -0.15) is 5.90 Å². The number of fused-ring (bicyclic) bond motifs is 1. The van der Waals surface area contributed by atoms with Crippen LogP contribution in [0.3, 0.4) is 0 Å². The van der Waals surface area contributed by atoms with Crippen LogP contribution < -0.4 is 10.8 Å². The van der Waals surface area contributed by atoms with E-state index in [1.165, 1.54) is 11.1 Å². The summed E-state index contributed by atoms with van der Waals surface area (Å²) < 4.78 is 0. The van der Waals surface area contributed by atoms with Crippen LogP contribution in [0.2, 0.25) is 0 Å². The number of nitrogens with two attached hydrogens (primary N) is 1. The molecular weight excluding hydrogens is 311 g/mol. The summed E-state index contributed by atoms with van der Waals surface area (Å²) in [7, 11) is 0. The minimum absolute atomic E-state index is 0.130. The molecule has 6 heteroatoms. The third-order valence-corrected chi connectivity index (χ3v) is 4.28. The van der Waals surface area contributed by atoms with Crippen molar-refractivity contribution in [3.8, 4) is 0 Å². The normalized spacial score (nSPS) is 17.2. The van der Waals surface area contributed by atoms with Gasteiger partial charge in [0.05, 0.1) is 5.92 Å². The Morgan fingerprint density at radius 1 is 1.29 bits per heavy atom. The van der Waals surface area contributed by atoms with E-state index < -0.39 is 0 Å². The SMILES string of the molecule is NOC(=O)C1CCc2cc(N(CCCl)CCCl)ccc2C1. The van der Waals surface area contributed by atoms with Crippen molar-refractivity contribution in [2.75, 3.05) is 29.7 Å². The lowest BCUT2D eigenvalue weighted by Crippen LogP contribution is -2.29. The van der Waals surface area contributed by atoms with Gasteiger partial charge in [-0.15, -0.1) is 23.2 Å². The molecule has 21 heavy (non-hydrogen) atoms. The van der Waals surface area contributed by atoms with E-state index in [2.05, 4.69) is 27.9 Å². The van der Waals surface area contributed by atoms with E-state index in [0.717, 1.165) is 31.6 Å². The Bertz CT molecular complexity index is 491. The summed E-state index contributed by atoms with van der Waals surface area (Å²) in [4.78, 5) is 18.1. The number of hydrogen-bond donors (Lipinski definition) is 1. The molecule has 1 atom stereocenters. The minimum Gasteiger partial charge on any atom is -0.373 e. The monoisotopic (exact) mass is 330 g/mol. The summed E-state index contributed by atoms with van der Waals surface area (Å²) in [6, 6.07) is 6.32. The van der Waals surface area contributed by atoms with Crippen LogP contribution in [0.1, 0.15) is 17.5 Å². The fraction of sp³-hybridized carbons (Fsp3) is 0.533. The van der Waals surface area contributed by atoms with E-state index >= 15 is 0 Å². The highest BCUT2D eigenvalue weighted by atomic mass is 35.5. The van der Waals surface area contributed by atoms with Crippen molar-refractivity contribution >= 4 is 34.9 Å². The van der Waals surface area contributed by atoms with Gasteiger partial charge in [-0.25, -0.2) is 0 Å². The first-order valence-electron chi connectivity index (χ1n) is 7.08. The number of nitrogens with zero attached hydrogens (tertiary/aromatic N) is 1. The third-order valence-electron chi connectivity index (χ3n) is 3.94. The number of aryl methyl sites for hydroxylation is 1. The second-order valence-electron chi connectivity index (χ2n) is 5.19. The van der Waals surface area contributed by atoms with Crippen molar-refractivity contribution in [1.29, 1.82) is 0 Å². The maximum absolute atomic E-state index is 11.5. The van der Waals surface area contributed by atoms with Crippen molar-refractivity contribution in [2.45, 2.75) is 19.3 Å². The Morgan fingerprint density at radius 3 is 2.62 bits per heavy atom. The van der Waals surface area contributed by atoms with Gasteiger partial charge in [0.25, 0.3) is 0 Å². The van der Waals surface area contributed by atoms with E-state index in [9.17, 15) is 4.79 Å². The molecule has 0 saturated heterocycles. The molecule has 2 rings (SSSR count). The highest BCUT2D eigenvalue weighted by molar-refractivity contribution is 6.18. The summed E-state index contributed by atoms with van der Waals surface area (Å²) in [5, 5.41) is 0. The second kappa shape index (κ2) is 7.87. The zero-order chi connectivity index (χ0) is 15.2. The van der Waals surface area contributed by atoms with Crippen LogP contribution in [0.5, 0.6) is 0 Å². The molecule has 4 nitrogen and oxygen atoms in total. The number of rotatable bonds is 6. The number of halogens is 2. The van der Waals surface area contributed by atoms with Gasteiger partial charge in [0.1, 0.15) is 0 Å². The molecule has 1 aliphatic carbocycles. The first-order chi connectivity index (χ1) is 10.2. The van der Waals surface area contributed by atoms with Gasteiger partial charge in [0.2, 0.25) is 0 Å². The van der Waals surface area contributed by atoms with Crippen LogP contribution in [0.25, 0.3) is 0 Å². The standard InChI is InChI=1S/C15H20Cl2N2O2/c16-5-7-19(8-6-17)14-4-3-11-9-13(15(20)21-18)2-1-12(11)10-14/h3-4,10,13H,1-2,5-9,18H2. The van der Waals surface area contributed by atoms with E-state index in [1.807, 2.05) is 0 Å². The highest BCUT2D eigenvalue weighted by Crippen LogP contribution is 2.29. The predicted molar refractivity (Wildman–Crippen MR) is 85.9 cm³/mol. The van der Waals surface area contributed by atoms with Crippen LogP contribution in [0.4, 0.5) is 5.69 Å². The van der Waals surface area contributed by atoms with Crippen LogP contribution in [0.15, 0.2) is 18.2 Å². The minimum atomic E-state index is -0.323. The van der Waals surface area contributed by atoms with Gasteiger partial charge in [-0.1, -0.05) is 6.07 Å². The Kier molecular flexibility index (Phi) is 6.15. The molecule has 0 saturated carbocycles. The maximum Gasteiger partial charge on any atom is 0.327 e. The first-order valence-corrected chi connectivity index (χ1v) is 8.15. The molecule has 0 fully saturated rings. The quantitative estimate of drug-likeness (QED) is 0.643. The Labute approximate surface area is 135 Å². The van der Waals surface area contributed by atoms with Gasteiger partial charge >= 0.3 is 5.97 Å². The number of carbonyl (C=O) groups is 1. The fourth-order valence-electron chi connectivity index (χ4n) is 2.81. The third kappa shape index (κ3) is 4.02. The molecular formula is C15H20Cl2N2O2. The molecule has 0 aromatic heterocycles. The summed E-state index contributed by atoms with van der Waals surface area (Å²) in [5.41, 5.74) is 3.61. The second-order valence-corrected chi connectivity index (χ2v) is 5.95. The van der Waals surface area contributed by atoms with Gasteiger partial charge < -0.3 is 9.74 Å². The van der Waals surface area contributed by atoms with Crippen LogP contribution in [0, 0.1) is 5.92 Å². The molecule has 1 unspecified atom stereocenters. The maximum atomic E-state index is 11.5. The van der Waals surface area contributed by atoms with Crippen LogP contribution in [-0.4, -0.2) is 30.8 Å². The molecule has 1 aromatic rings. The molecule has 0 aliphatic heterocycles.